The monoisotopic (exact) mass is 229 g/mol. The molecule has 1 spiro atoms. The van der Waals surface area contributed by atoms with Crippen LogP contribution in [-0.2, 0) is 0 Å². The molecule has 7 nitrogen and oxygen atoms in total. The number of hydrogen-bond acceptors (Lipinski definition) is 3. The first-order valence-electron chi connectivity index (χ1n) is 5.17. The van der Waals surface area contributed by atoms with Crippen molar-refractivity contribution in [1.82, 2.24) is 15.1 Å². The van der Waals surface area contributed by atoms with Crippen LogP contribution in [0.15, 0.2) is 0 Å². The van der Waals surface area contributed by atoms with E-state index in [1.807, 2.05) is 6.92 Å². The van der Waals surface area contributed by atoms with Gasteiger partial charge in [0.25, 0.3) is 0 Å². The van der Waals surface area contributed by atoms with Gasteiger partial charge in [-0.15, -0.1) is 0 Å². The summed E-state index contributed by atoms with van der Waals surface area (Å²) in [6, 6.07) is -0.123. The van der Waals surface area contributed by atoms with Crippen LogP contribution in [0.5, 0.6) is 0 Å². The fourth-order valence-electron chi connectivity index (χ4n) is 2.61. The number of amides is 2. The predicted molar refractivity (Wildman–Crippen MR) is 54.5 cm³/mol. The Morgan fingerprint density at radius 1 is 1.31 bits per heavy atom. The molecule has 0 radical (unpaired) electrons. The standard InChI is InChI=1S/C9H15N3O4/c1-6-2-10-3-9(12(6)8(15)16)4-11(5-9)7(13)14/h6,10H,2-5H2,1H3,(H,13,14)(H,15,16). The average molecular weight is 229 g/mol. The highest BCUT2D eigenvalue weighted by Gasteiger charge is 2.54. The van der Waals surface area contributed by atoms with Crippen LogP contribution in [0.1, 0.15) is 6.92 Å². The average Bonchev–Trinajstić information content (AvgIpc) is 2.12. The molecule has 0 aromatic carbocycles. The fourth-order valence-corrected chi connectivity index (χ4v) is 2.61. The summed E-state index contributed by atoms with van der Waals surface area (Å²) in [4.78, 5) is 24.5. The van der Waals surface area contributed by atoms with Gasteiger partial charge in [0, 0.05) is 19.1 Å². The van der Waals surface area contributed by atoms with E-state index in [0.717, 1.165) is 0 Å². The normalized spacial score (nSPS) is 27.7. The van der Waals surface area contributed by atoms with Crippen LogP contribution in [0.25, 0.3) is 0 Å². The lowest BCUT2D eigenvalue weighted by atomic mass is 9.85. The quantitative estimate of drug-likeness (QED) is 0.530. The Hall–Kier alpha value is -1.50. The number of nitrogens with zero attached hydrogens (tertiary/aromatic N) is 2. The molecule has 2 saturated heterocycles. The lowest BCUT2D eigenvalue weighted by Crippen LogP contribution is -2.79. The molecule has 16 heavy (non-hydrogen) atoms. The molecule has 2 amide bonds. The van der Waals surface area contributed by atoms with E-state index in [9.17, 15) is 9.59 Å². The molecule has 1 unspecified atom stereocenters. The van der Waals surface area contributed by atoms with Crippen LogP contribution in [0, 0.1) is 0 Å². The summed E-state index contributed by atoms with van der Waals surface area (Å²) in [5.41, 5.74) is -0.568. The van der Waals surface area contributed by atoms with Gasteiger partial charge in [0.1, 0.15) is 0 Å². The SMILES string of the molecule is CC1CNCC2(CN(C(=O)O)C2)N1C(=O)O. The van der Waals surface area contributed by atoms with E-state index >= 15 is 0 Å². The first-order chi connectivity index (χ1) is 7.46. The van der Waals surface area contributed by atoms with Gasteiger partial charge in [0.2, 0.25) is 0 Å². The topological polar surface area (TPSA) is 93.1 Å². The number of nitrogens with one attached hydrogen (secondary N) is 1. The van der Waals surface area contributed by atoms with Crippen LogP contribution in [0.2, 0.25) is 0 Å². The maximum absolute atomic E-state index is 11.2. The molecule has 90 valence electrons. The van der Waals surface area contributed by atoms with Crippen LogP contribution >= 0.6 is 0 Å². The van der Waals surface area contributed by atoms with Gasteiger partial charge in [-0.2, -0.15) is 0 Å². The van der Waals surface area contributed by atoms with Crippen molar-refractivity contribution in [3.05, 3.63) is 0 Å². The molecule has 1 atom stereocenters. The smallest absolute Gasteiger partial charge is 0.408 e. The summed E-state index contributed by atoms with van der Waals surface area (Å²) < 4.78 is 0. The molecular formula is C9H15N3O4. The summed E-state index contributed by atoms with van der Waals surface area (Å²) in [6.07, 6.45) is -1.96. The third-order valence-electron chi connectivity index (χ3n) is 3.29. The van der Waals surface area contributed by atoms with Crippen molar-refractivity contribution in [2.24, 2.45) is 0 Å². The minimum absolute atomic E-state index is 0.123. The molecule has 0 aromatic heterocycles. The van der Waals surface area contributed by atoms with Gasteiger partial charge in [0.05, 0.1) is 18.6 Å². The lowest BCUT2D eigenvalue weighted by Gasteiger charge is -2.57. The van der Waals surface area contributed by atoms with Gasteiger partial charge < -0.3 is 20.4 Å². The second-order valence-corrected chi connectivity index (χ2v) is 4.50. The van der Waals surface area contributed by atoms with Gasteiger partial charge in [-0.1, -0.05) is 0 Å². The van der Waals surface area contributed by atoms with E-state index < -0.39 is 17.7 Å². The van der Waals surface area contributed by atoms with E-state index in [0.29, 0.717) is 13.1 Å². The van der Waals surface area contributed by atoms with E-state index in [2.05, 4.69) is 5.32 Å². The Morgan fingerprint density at radius 2 is 1.94 bits per heavy atom. The molecule has 7 heteroatoms. The molecular weight excluding hydrogens is 214 g/mol. The lowest BCUT2D eigenvalue weighted by molar-refractivity contribution is -0.0619. The zero-order valence-electron chi connectivity index (χ0n) is 9.01. The van der Waals surface area contributed by atoms with Crippen molar-refractivity contribution in [2.45, 2.75) is 18.5 Å². The second-order valence-electron chi connectivity index (χ2n) is 4.50. The third kappa shape index (κ3) is 1.47. The van der Waals surface area contributed by atoms with Gasteiger partial charge in [0.15, 0.2) is 0 Å². The minimum atomic E-state index is -0.991. The van der Waals surface area contributed by atoms with Gasteiger partial charge in [-0.3, -0.25) is 4.90 Å². The Kier molecular flexibility index (Phi) is 2.42. The van der Waals surface area contributed by atoms with Crippen LogP contribution in [0.3, 0.4) is 0 Å². The molecule has 2 aliphatic rings. The number of rotatable bonds is 0. The molecule has 2 rings (SSSR count). The molecule has 2 fully saturated rings. The van der Waals surface area contributed by atoms with Gasteiger partial charge in [-0.05, 0) is 6.92 Å². The number of piperazine rings is 1. The molecule has 0 aromatic rings. The molecule has 0 saturated carbocycles. The summed E-state index contributed by atoms with van der Waals surface area (Å²) >= 11 is 0. The maximum Gasteiger partial charge on any atom is 0.408 e. The van der Waals surface area contributed by atoms with E-state index in [-0.39, 0.29) is 19.1 Å². The first-order valence-corrected chi connectivity index (χ1v) is 5.17. The minimum Gasteiger partial charge on any atom is -0.465 e. The van der Waals surface area contributed by atoms with Crippen molar-refractivity contribution in [1.29, 1.82) is 0 Å². The summed E-state index contributed by atoms with van der Waals surface area (Å²) in [6.45, 7) is 3.47. The van der Waals surface area contributed by atoms with Gasteiger partial charge >= 0.3 is 12.2 Å². The van der Waals surface area contributed by atoms with E-state index in [4.69, 9.17) is 10.2 Å². The largest absolute Gasteiger partial charge is 0.465 e. The highest BCUT2D eigenvalue weighted by atomic mass is 16.4. The van der Waals surface area contributed by atoms with Crippen molar-refractivity contribution in [3.63, 3.8) is 0 Å². The predicted octanol–water partition coefficient (Wildman–Crippen LogP) is -0.309. The fraction of sp³-hybridized carbons (Fsp3) is 0.778. The van der Waals surface area contributed by atoms with Crippen molar-refractivity contribution >= 4 is 12.2 Å². The van der Waals surface area contributed by atoms with E-state index in [1.54, 1.807) is 0 Å². The van der Waals surface area contributed by atoms with Crippen molar-refractivity contribution in [3.8, 4) is 0 Å². The number of hydrogen-bond donors (Lipinski definition) is 3. The number of carbonyl (C=O) groups is 2. The molecule has 3 N–H and O–H groups in total. The zero-order chi connectivity index (χ0) is 11.9. The molecule has 2 heterocycles. The second kappa shape index (κ2) is 3.51. The molecule has 0 bridgehead atoms. The Bertz CT molecular complexity index is 327. The van der Waals surface area contributed by atoms with E-state index in [1.165, 1.54) is 9.80 Å². The zero-order valence-corrected chi connectivity index (χ0v) is 9.01. The van der Waals surface area contributed by atoms with Crippen molar-refractivity contribution in [2.75, 3.05) is 26.2 Å². The molecule has 2 aliphatic heterocycles. The summed E-state index contributed by atoms with van der Waals surface area (Å²) in [7, 11) is 0. The van der Waals surface area contributed by atoms with Gasteiger partial charge in [-0.25, -0.2) is 9.59 Å². The first kappa shape index (κ1) is 11.0. The Morgan fingerprint density at radius 3 is 2.44 bits per heavy atom. The Labute approximate surface area is 92.6 Å². The van der Waals surface area contributed by atoms with Crippen LogP contribution in [-0.4, -0.2) is 70.0 Å². The highest BCUT2D eigenvalue weighted by molar-refractivity contribution is 5.71. The summed E-state index contributed by atoms with van der Waals surface area (Å²) in [5, 5.41) is 21.1. The summed E-state index contributed by atoms with van der Waals surface area (Å²) in [5.74, 6) is 0. The van der Waals surface area contributed by atoms with Crippen molar-refractivity contribution < 1.29 is 19.8 Å². The number of likely N-dealkylation sites (tertiary alicyclic amines) is 1. The third-order valence-corrected chi connectivity index (χ3v) is 3.29. The molecule has 0 aliphatic carbocycles. The van der Waals surface area contributed by atoms with Crippen LogP contribution < -0.4 is 5.32 Å². The Balaban J connectivity index is 2.14. The highest BCUT2D eigenvalue weighted by Crippen LogP contribution is 2.31. The maximum atomic E-state index is 11.2. The van der Waals surface area contributed by atoms with Crippen LogP contribution in [0.4, 0.5) is 9.59 Å². The number of carboxylic acid groups (broad SMARTS) is 2.